The van der Waals surface area contributed by atoms with Crippen LogP contribution in [0.5, 0.6) is 0 Å². The van der Waals surface area contributed by atoms with Crippen LogP contribution in [-0.4, -0.2) is 21.5 Å². The van der Waals surface area contributed by atoms with E-state index in [9.17, 15) is 4.79 Å². The molecule has 1 N–H and O–H groups in total. The molecule has 0 aliphatic carbocycles. The van der Waals surface area contributed by atoms with Crippen molar-refractivity contribution in [3.63, 3.8) is 0 Å². The van der Waals surface area contributed by atoms with Crippen molar-refractivity contribution in [2.75, 3.05) is 11.6 Å². The second-order valence-electron chi connectivity index (χ2n) is 5.36. The van der Waals surface area contributed by atoms with E-state index >= 15 is 0 Å². The topological polar surface area (TPSA) is 54.9 Å². The minimum absolute atomic E-state index is 0.0986. The van der Waals surface area contributed by atoms with Gasteiger partial charge >= 0.3 is 0 Å². The maximum absolute atomic E-state index is 12.3. The number of anilines is 1. The minimum atomic E-state index is -0.0986. The molecule has 0 spiro atoms. The van der Waals surface area contributed by atoms with Gasteiger partial charge in [0.15, 0.2) is 4.34 Å². The first-order valence-corrected chi connectivity index (χ1v) is 10.6. The van der Waals surface area contributed by atoms with Gasteiger partial charge in [0.1, 0.15) is 0 Å². The normalized spacial score (nSPS) is 10.6. The standard InChI is InChI=1S/C18H17N3OS3/c1-12-4-3-5-15(10-12)19-16(22)14-8-6-13(7-9-14)11-24-18-20-17(23-2)21-25-18/h3-10H,11H2,1-2H3,(H,19,22). The van der Waals surface area contributed by atoms with Crippen molar-refractivity contribution in [1.29, 1.82) is 0 Å². The fourth-order valence-corrected chi connectivity index (χ4v) is 4.33. The van der Waals surface area contributed by atoms with Gasteiger partial charge in [-0.1, -0.05) is 47.8 Å². The van der Waals surface area contributed by atoms with Crippen molar-refractivity contribution in [3.8, 4) is 0 Å². The molecular weight excluding hydrogens is 370 g/mol. The molecule has 0 radical (unpaired) electrons. The summed E-state index contributed by atoms with van der Waals surface area (Å²) in [4.78, 5) is 16.7. The molecule has 4 nitrogen and oxygen atoms in total. The quantitative estimate of drug-likeness (QED) is 0.596. The summed E-state index contributed by atoms with van der Waals surface area (Å²) < 4.78 is 5.21. The summed E-state index contributed by atoms with van der Waals surface area (Å²) in [6.45, 7) is 2.00. The number of nitrogens with one attached hydrogen (secondary N) is 1. The zero-order valence-electron chi connectivity index (χ0n) is 13.9. The number of hydrogen-bond donors (Lipinski definition) is 1. The van der Waals surface area contributed by atoms with Crippen LogP contribution >= 0.6 is 35.1 Å². The highest BCUT2D eigenvalue weighted by Gasteiger charge is 2.07. The van der Waals surface area contributed by atoms with Gasteiger partial charge in [-0.15, -0.1) is 0 Å². The van der Waals surface area contributed by atoms with Crippen molar-refractivity contribution in [2.45, 2.75) is 22.2 Å². The highest BCUT2D eigenvalue weighted by Crippen LogP contribution is 2.26. The van der Waals surface area contributed by atoms with Crippen LogP contribution in [0.1, 0.15) is 21.5 Å². The first-order valence-electron chi connectivity index (χ1n) is 7.61. The number of aromatic nitrogens is 2. The molecule has 1 heterocycles. The highest BCUT2D eigenvalue weighted by atomic mass is 32.2. The number of carbonyl (C=O) groups is 1. The van der Waals surface area contributed by atoms with Crippen LogP contribution in [0.25, 0.3) is 0 Å². The third kappa shape index (κ3) is 5.07. The van der Waals surface area contributed by atoms with Crippen molar-refractivity contribution in [3.05, 3.63) is 65.2 Å². The van der Waals surface area contributed by atoms with Crippen molar-refractivity contribution in [1.82, 2.24) is 9.36 Å². The average molecular weight is 388 g/mol. The summed E-state index contributed by atoms with van der Waals surface area (Å²) in [6, 6.07) is 15.4. The lowest BCUT2D eigenvalue weighted by Gasteiger charge is -2.07. The number of thioether (sulfide) groups is 2. The Kier molecular flexibility index (Phi) is 6.12. The zero-order chi connectivity index (χ0) is 17.6. The first kappa shape index (κ1) is 18.0. The Labute approximate surface area is 159 Å². The van der Waals surface area contributed by atoms with Crippen LogP contribution in [0.3, 0.4) is 0 Å². The van der Waals surface area contributed by atoms with E-state index in [0.717, 1.165) is 32.1 Å². The van der Waals surface area contributed by atoms with Gasteiger partial charge in [-0.2, -0.15) is 4.37 Å². The number of nitrogens with zero attached hydrogens (tertiary/aromatic N) is 2. The van der Waals surface area contributed by atoms with E-state index in [2.05, 4.69) is 14.7 Å². The molecule has 25 heavy (non-hydrogen) atoms. The molecule has 3 aromatic rings. The average Bonchev–Trinajstić information content (AvgIpc) is 3.08. The number of carbonyl (C=O) groups excluding carboxylic acids is 1. The second-order valence-corrected chi connectivity index (χ2v) is 8.10. The number of hydrogen-bond acceptors (Lipinski definition) is 6. The third-order valence-electron chi connectivity index (χ3n) is 3.43. The van der Waals surface area contributed by atoms with Crippen LogP contribution in [0.4, 0.5) is 5.69 Å². The molecule has 0 saturated carbocycles. The summed E-state index contributed by atoms with van der Waals surface area (Å²) >= 11 is 4.63. The van der Waals surface area contributed by atoms with E-state index < -0.39 is 0 Å². The predicted octanol–water partition coefficient (Wildman–Crippen LogP) is 5.11. The number of amides is 1. The lowest BCUT2D eigenvalue weighted by atomic mass is 10.1. The predicted molar refractivity (Wildman–Crippen MR) is 107 cm³/mol. The summed E-state index contributed by atoms with van der Waals surface area (Å²) in [5.74, 6) is 0.710. The molecule has 0 fully saturated rings. The fraction of sp³-hybridized carbons (Fsp3) is 0.167. The van der Waals surface area contributed by atoms with Gasteiger partial charge < -0.3 is 5.32 Å². The van der Waals surface area contributed by atoms with Crippen LogP contribution < -0.4 is 5.32 Å². The number of benzene rings is 2. The third-order valence-corrected chi connectivity index (χ3v) is 5.99. The molecule has 1 aromatic heterocycles. The summed E-state index contributed by atoms with van der Waals surface area (Å²) in [6.07, 6.45) is 1.97. The molecule has 128 valence electrons. The molecule has 0 bridgehead atoms. The first-order chi connectivity index (χ1) is 12.1. The smallest absolute Gasteiger partial charge is 0.255 e. The van der Waals surface area contributed by atoms with E-state index in [1.807, 2.05) is 61.7 Å². The molecule has 1 amide bonds. The lowest BCUT2D eigenvalue weighted by molar-refractivity contribution is 0.102. The monoisotopic (exact) mass is 387 g/mol. The Bertz CT molecular complexity index is 862. The Morgan fingerprint density at radius 3 is 2.68 bits per heavy atom. The van der Waals surface area contributed by atoms with Crippen molar-refractivity contribution < 1.29 is 4.79 Å². The van der Waals surface area contributed by atoms with Crippen molar-refractivity contribution in [2.24, 2.45) is 0 Å². The minimum Gasteiger partial charge on any atom is -0.322 e. The van der Waals surface area contributed by atoms with Gasteiger partial charge in [0.2, 0.25) is 5.16 Å². The van der Waals surface area contributed by atoms with Crippen molar-refractivity contribution >= 4 is 46.7 Å². The number of aryl methyl sites for hydroxylation is 1. The van der Waals surface area contributed by atoms with E-state index in [1.54, 1.807) is 23.5 Å². The molecule has 7 heteroatoms. The second kappa shape index (κ2) is 8.51. The van der Waals surface area contributed by atoms with E-state index in [0.29, 0.717) is 5.56 Å². The Balaban J connectivity index is 1.58. The van der Waals surface area contributed by atoms with E-state index in [4.69, 9.17) is 0 Å². The zero-order valence-corrected chi connectivity index (χ0v) is 16.3. The Morgan fingerprint density at radius 1 is 1.20 bits per heavy atom. The van der Waals surface area contributed by atoms with Crippen LogP contribution in [0, 0.1) is 6.92 Å². The molecular formula is C18H17N3OS3. The molecule has 0 aliphatic rings. The van der Waals surface area contributed by atoms with E-state index in [-0.39, 0.29) is 5.91 Å². The Morgan fingerprint density at radius 2 is 2.00 bits per heavy atom. The molecule has 0 atom stereocenters. The molecule has 3 rings (SSSR count). The van der Waals surface area contributed by atoms with Gasteiger partial charge in [0, 0.05) is 17.0 Å². The van der Waals surface area contributed by atoms with Crippen LogP contribution in [-0.2, 0) is 5.75 Å². The van der Waals surface area contributed by atoms with Gasteiger partial charge in [0.25, 0.3) is 5.91 Å². The summed E-state index contributed by atoms with van der Waals surface area (Å²) in [5.41, 5.74) is 3.73. The van der Waals surface area contributed by atoms with Crippen LogP contribution in [0.2, 0.25) is 0 Å². The van der Waals surface area contributed by atoms with E-state index in [1.165, 1.54) is 11.5 Å². The fourth-order valence-electron chi connectivity index (χ4n) is 2.16. The van der Waals surface area contributed by atoms with Gasteiger partial charge in [0.05, 0.1) is 0 Å². The highest BCUT2D eigenvalue weighted by molar-refractivity contribution is 8.00. The maximum Gasteiger partial charge on any atom is 0.255 e. The lowest BCUT2D eigenvalue weighted by Crippen LogP contribution is -2.11. The maximum atomic E-state index is 12.3. The molecule has 0 unspecified atom stereocenters. The number of rotatable bonds is 6. The van der Waals surface area contributed by atoms with Gasteiger partial charge in [-0.05, 0) is 60.1 Å². The molecule has 0 aliphatic heterocycles. The SMILES string of the molecule is CSc1nsc(SCc2ccc(C(=O)Nc3cccc(C)c3)cc2)n1. The molecule has 0 saturated heterocycles. The summed E-state index contributed by atoms with van der Waals surface area (Å²) in [7, 11) is 0. The van der Waals surface area contributed by atoms with Crippen LogP contribution in [0.15, 0.2) is 58.0 Å². The molecule has 2 aromatic carbocycles. The van der Waals surface area contributed by atoms with Gasteiger partial charge in [-0.3, -0.25) is 4.79 Å². The Hall–Kier alpha value is -1.83. The summed E-state index contributed by atoms with van der Waals surface area (Å²) in [5, 5.41) is 3.74. The largest absolute Gasteiger partial charge is 0.322 e. The van der Waals surface area contributed by atoms with Gasteiger partial charge in [-0.25, -0.2) is 4.98 Å².